The van der Waals surface area contributed by atoms with Crippen LogP contribution < -0.4 is 10.5 Å². The Morgan fingerprint density at radius 1 is 1.14 bits per heavy atom. The molecule has 1 amide bonds. The van der Waals surface area contributed by atoms with Crippen molar-refractivity contribution in [2.45, 2.75) is 19.4 Å². The summed E-state index contributed by atoms with van der Waals surface area (Å²) in [6.07, 6.45) is 2.56. The monoisotopic (exact) mass is 392 g/mol. The number of carbonyl (C=O) groups excluding carboxylic acids is 2. The van der Waals surface area contributed by atoms with Gasteiger partial charge >= 0.3 is 0 Å². The van der Waals surface area contributed by atoms with Crippen LogP contribution in [-0.4, -0.2) is 32.7 Å². The van der Waals surface area contributed by atoms with Crippen LogP contribution in [-0.2, 0) is 11.3 Å². The van der Waals surface area contributed by atoms with Gasteiger partial charge in [-0.15, -0.1) is 0 Å². The zero-order valence-electron chi connectivity index (χ0n) is 15.3. The average molecular weight is 392 g/mol. The third kappa shape index (κ3) is 3.49. The maximum Gasteiger partial charge on any atom is 0.271 e. The minimum atomic E-state index is -0.560. The fourth-order valence-corrected chi connectivity index (χ4v) is 3.37. The van der Waals surface area contributed by atoms with E-state index in [1.807, 2.05) is 0 Å². The third-order valence-corrected chi connectivity index (χ3v) is 4.91. The zero-order chi connectivity index (χ0) is 20.5. The third-order valence-electron chi connectivity index (χ3n) is 4.91. The summed E-state index contributed by atoms with van der Waals surface area (Å²) in [5.74, 6) is -0.215. The number of amides is 1. The average Bonchev–Trinajstić information content (AvgIpc) is 3.15. The van der Waals surface area contributed by atoms with Crippen LogP contribution in [0.2, 0.25) is 0 Å². The van der Waals surface area contributed by atoms with Crippen molar-refractivity contribution in [1.29, 1.82) is 0 Å². The molecule has 0 saturated carbocycles. The molecule has 0 aliphatic carbocycles. The van der Waals surface area contributed by atoms with E-state index in [0.29, 0.717) is 18.5 Å². The zero-order valence-corrected chi connectivity index (χ0v) is 15.3. The molecule has 1 fully saturated rings. The van der Waals surface area contributed by atoms with E-state index in [9.17, 15) is 24.5 Å². The molecule has 2 aromatic carbocycles. The molecule has 0 bridgehead atoms. The van der Waals surface area contributed by atoms with Crippen molar-refractivity contribution in [3.63, 3.8) is 0 Å². The molecule has 0 atom stereocenters. The Bertz CT molecular complexity index is 1200. The number of hydrogen-bond acceptors (Lipinski definition) is 6. The summed E-state index contributed by atoms with van der Waals surface area (Å²) >= 11 is 0. The predicted octanol–water partition coefficient (Wildman–Crippen LogP) is 2.31. The molecule has 29 heavy (non-hydrogen) atoms. The van der Waals surface area contributed by atoms with Gasteiger partial charge in [-0.25, -0.2) is 4.98 Å². The normalized spacial score (nSPS) is 13.8. The van der Waals surface area contributed by atoms with Crippen molar-refractivity contribution in [3.8, 4) is 0 Å². The van der Waals surface area contributed by atoms with Gasteiger partial charge in [0.1, 0.15) is 0 Å². The minimum Gasteiger partial charge on any atom is -0.312 e. The number of nitro groups is 1. The Morgan fingerprint density at radius 3 is 2.55 bits per heavy atom. The standard InChI is InChI=1S/C20H16N4O5/c25-18(13-3-5-14(6-4-13)23-9-1-2-19(23)26)11-22-12-21-17-10-15(24(28)29)7-8-16(17)20(22)27/h3-8,10,12H,1-2,9,11H2. The van der Waals surface area contributed by atoms with Gasteiger partial charge in [-0.2, -0.15) is 0 Å². The van der Waals surface area contributed by atoms with Crippen LogP contribution in [0.1, 0.15) is 23.2 Å². The fourth-order valence-electron chi connectivity index (χ4n) is 3.37. The van der Waals surface area contributed by atoms with Gasteiger partial charge in [0.15, 0.2) is 5.78 Å². The Hall–Kier alpha value is -3.88. The molecule has 1 saturated heterocycles. The van der Waals surface area contributed by atoms with Crippen LogP contribution in [0, 0.1) is 10.1 Å². The summed E-state index contributed by atoms with van der Waals surface area (Å²) in [6, 6.07) is 10.5. The number of nitrogens with zero attached hydrogens (tertiary/aromatic N) is 4. The van der Waals surface area contributed by atoms with Crippen molar-refractivity contribution in [3.05, 3.63) is 74.8 Å². The van der Waals surface area contributed by atoms with Gasteiger partial charge in [0.05, 0.1) is 28.7 Å². The highest BCUT2D eigenvalue weighted by Gasteiger charge is 2.21. The first-order valence-electron chi connectivity index (χ1n) is 9.01. The van der Waals surface area contributed by atoms with E-state index < -0.39 is 10.5 Å². The molecule has 3 aromatic rings. The van der Waals surface area contributed by atoms with Crippen LogP contribution in [0.25, 0.3) is 10.9 Å². The lowest BCUT2D eigenvalue weighted by Crippen LogP contribution is -2.25. The fraction of sp³-hybridized carbons (Fsp3) is 0.200. The van der Waals surface area contributed by atoms with Crippen LogP contribution in [0.15, 0.2) is 53.6 Å². The molecule has 1 aromatic heterocycles. The predicted molar refractivity (Wildman–Crippen MR) is 105 cm³/mol. The Labute approximate surface area is 164 Å². The number of aromatic nitrogens is 2. The molecule has 0 N–H and O–H groups in total. The van der Waals surface area contributed by atoms with E-state index >= 15 is 0 Å². The second-order valence-electron chi connectivity index (χ2n) is 6.76. The van der Waals surface area contributed by atoms with Gasteiger partial charge in [0, 0.05) is 36.3 Å². The van der Waals surface area contributed by atoms with Crippen molar-refractivity contribution in [2.24, 2.45) is 0 Å². The van der Waals surface area contributed by atoms with E-state index in [1.54, 1.807) is 29.2 Å². The topological polar surface area (TPSA) is 115 Å². The number of hydrogen-bond donors (Lipinski definition) is 0. The Morgan fingerprint density at radius 2 is 1.90 bits per heavy atom. The first-order chi connectivity index (χ1) is 13.9. The molecule has 0 unspecified atom stereocenters. The van der Waals surface area contributed by atoms with Gasteiger partial charge in [-0.05, 0) is 36.8 Å². The second-order valence-corrected chi connectivity index (χ2v) is 6.76. The highest BCUT2D eigenvalue weighted by atomic mass is 16.6. The highest BCUT2D eigenvalue weighted by molar-refractivity contribution is 5.98. The minimum absolute atomic E-state index is 0.0677. The number of ketones is 1. The summed E-state index contributed by atoms with van der Waals surface area (Å²) in [5, 5.41) is 11.1. The van der Waals surface area contributed by atoms with E-state index in [1.165, 1.54) is 29.1 Å². The lowest BCUT2D eigenvalue weighted by molar-refractivity contribution is -0.384. The van der Waals surface area contributed by atoms with Crippen molar-refractivity contribution >= 4 is 34.0 Å². The molecule has 1 aliphatic heterocycles. The van der Waals surface area contributed by atoms with E-state index in [4.69, 9.17) is 0 Å². The molecular weight excluding hydrogens is 376 g/mol. The van der Waals surface area contributed by atoms with E-state index in [2.05, 4.69) is 4.98 Å². The first kappa shape index (κ1) is 18.5. The summed E-state index contributed by atoms with van der Waals surface area (Å²) < 4.78 is 1.18. The van der Waals surface area contributed by atoms with Gasteiger partial charge in [0.2, 0.25) is 5.91 Å². The van der Waals surface area contributed by atoms with Crippen molar-refractivity contribution < 1.29 is 14.5 Å². The quantitative estimate of drug-likeness (QED) is 0.374. The maximum absolute atomic E-state index is 12.6. The number of non-ortho nitro benzene ring substituents is 1. The number of rotatable bonds is 5. The van der Waals surface area contributed by atoms with Crippen LogP contribution >= 0.6 is 0 Å². The molecule has 2 heterocycles. The maximum atomic E-state index is 12.6. The van der Waals surface area contributed by atoms with Gasteiger partial charge in [-0.3, -0.25) is 29.1 Å². The molecule has 1 aliphatic rings. The summed E-state index contributed by atoms with van der Waals surface area (Å²) in [4.78, 5) is 53.0. The number of Topliss-reactive ketones (excluding diaryl/α,β-unsaturated/α-hetero) is 1. The van der Waals surface area contributed by atoms with Gasteiger partial charge in [0.25, 0.3) is 11.2 Å². The second kappa shape index (κ2) is 7.27. The molecule has 9 nitrogen and oxygen atoms in total. The first-order valence-corrected chi connectivity index (χ1v) is 9.01. The Balaban J connectivity index is 1.56. The number of carbonyl (C=O) groups is 2. The number of anilines is 1. The van der Waals surface area contributed by atoms with Gasteiger partial charge < -0.3 is 4.90 Å². The van der Waals surface area contributed by atoms with E-state index in [-0.39, 0.29) is 34.8 Å². The SMILES string of the molecule is O=C(Cn1cnc2cc([N+](=O)[O-])ccc2c1=O)c1ccc(N2CCCC2=O)cc1. The lowest BCUT2D eigenvalue weighted by atomic mass is 10.1. The van der Waals surface area contributed by atoms with Crippen molar-refractivity contribution in [2.75, 3.05) is 11.4 Å². The largest absolute Gasteiger partial charge is 0.312 e. The highest BCUT2D eigenvalue weighted by Crippen LogP contribution is 2.22. The Kier molecular flexibility index (Phi) is 4.63. The molecule has 0 radical (unpaired) electrons. The molecule has 0 spiro atoms. The van der Waals surface area contributed by atoms with Crippen LogP contribution in [0.5, 0.6) is 0 Å². The molecular formula is C20H16N4O5. The summed E-state index contributed by atoms with van der Waals surface area (Å²) in [7, 11) is 0. The van der Waals surface area contributed by atoms with Gasteiger partial charge in [-0.1, -0.05) is 0 Å². The molecule has 146 valence electrons. The number of nitro benzene ring substituents is 1. The number of benzene rings is 2. The lowest BCUT2D eigenvalue weighted by Gasteiger charge is -2.15. The smallest absolute Gasteiger partial charge is 0.271 e. The van der Waals surface area contributed by atoms with Crippen molar-refractivity contribution in [1.82, 2.24) is 9.55 Å². The molecule has 4 rings (SSSR count). The number of fused-ring (bicyclic) bond motifs is 1. The van der Waals surface area contributed by atoms with Crippen LogP contribution in [0.4, 0.5) is 11.4 Å². The summed E-state index contributed by atoms with van der Waals surface area (Å²) in [6.45, 7) is 0.462. The van der Waals surface area contributed by atoms with Crippen LogP contribution in [0.3, 0.4) is 0 Å². The van der Waals surface area contributed by atoms with E-state index in [0.717, 1.165) is 12.1 Å². The molecule has 9 heteroatoms. The summed E-state index contributed by atoms with van der Waals surface area (Å²) in [5.41, 5.74) is 0.756.